The van der Waals surface area contributed by atoms with Crippen molar-refractivity contribution in [2.45, 2.75) is 0 Å². The fraction of sp³-hybridized carbons (Fsp3) is 0.300. The van der Waals surface area contributed by atoms with Crippen LogP contribution < -0.4 is 10.2 Å². The molecule has 14 heavy (non-hydrogen) atoms. The van der Waals surface area contributed by atoms with Gasteiger partial charge in [0, 0.05) is 32.7 Å². The zero-order valence-electron chi connectivity index (χ0n) is 8.63. The predicted octanol–water partition coefficient (Wildman–Crippen LogP) is 1.67. The zero-order valence-corrected chi connectivity index (χ0v) is 8.63. The first-order chi connectivity index (χ1) is 6.74. The third kappa shape index (κ3) is 1.19. The Morgan fingerprint density at radius 1 is 1.43 bits per heavy atom. The Labute approximate surface area is 82.9 Å². The number of pyridine rings is 1. The number of anilines is 2. The molecule has 2 heterocycles. The molecule has 0 saturated heterocycles. The molecular weight excluding hydrogens is 176 g/mol. The van der Waals surface area contributed by atoms with Gasteiger partial charge in [0.15, 0.2) is 0 Å². The van der Waals surface area contributed by atoms with E-state index in [1.165, 1.54) is 0 Å². The molecule has 4 nitrogen and oxygen atoms in total. The molecule has 0 spiro atoms. The van der Waals surface area contributed by atoms with Crippen molar-refractivity contribution < 1.29 is 0 Å². The van der Waals surface area contributed by atoms with Crippen LogP contribution in [-0.2, 0) is 0 Å². The lowest BCUT2D eigenvalue weighted by atomic mass is 10.2. The normalized spacial score (nSPS) is 10.5. The number of hydrogen-bond acceptors (Lipinski definition) is 3. The molecule has 0 aliphatic heterocycles. The van der Waals surface area contributed by atoms with Gasteiger partial charge in [-0.15, -0.1) is 0 Å². The van der Waals surface area contributed by atoms with Crippen LogP contribution in [0.1, 0.15) is 0 Å². The van der Waals surface area contributed by atoms with Crippen molar-refractivity contribution in [3.8, 4) is 0 Å². The van der Waals surface area contributed by atoms with Gasteiger partial charge >= 0.3 is 0 Å². The maximum Gasteiger partial charge on any atom is 0.139 e. The Kier molecular flexibility index (Phi) is 2.04. The summed E-state index contributed by atoms with van der Waals surface area (Å²) >= 11 is 0. The summed E-state index contributed by atoms with van der Waals surface area (Å²) in [5.74, 6) is 0. The summed E-state index contributed by atoms with van der Waals surface area (Å²) in [6.07, 6.45) is 3.77. The van der Waals surface area contributed by atoms with Crippen LogP contribution >= 0.6 is 0 Å². The van der Waals surface area contributed by atoms with E-state index in [0.717, 1.165) is 22.4 Å². The van der Waals surface area contributed by atoms with Crippen LogP contribution in [0.25, 0.3) is 11.0 Å². The molecule has 2 rings (SSSR count). The minimum Gasteiger partial charge on any atom is -0.386 e. The van der Waals surface area contributed by atoms with Crippen LogP contribution in [0.15, 0.2) is 18.5 Å². The van der Waals surface area contributed by atoms with Gasteiger partial charge in [0.1, 0.15) is 5.65 Å². The highest BCUT2D eigenvalue weighted by Crippen LogP contribution is 2.30. The van der Waals surface area contributed by atoms with Gasteiger partial charge in [-0.25, -0.2) is 4.98 Å². The second-order valence-electron chi connectivity index (χ2n) is 3.40. The molecule has 0 unspecified atom stereocenters. The lowest BCUT2D eigenvalue weighted by molar-refractivity contribution is 1.12. The average molecular weight is 190 g/mol. The number of fused-ring (bicyclic) bond motifs is 1. The van der Waals surface area contributed by atoms with Gasteiger partial charge in [-0.3, -0.25) is 0 Å². The van der Waals surface area contributed by atoms with E-state index in [1.54, 1.807) is 0 Å². The molecule has 74 valence electrons. The number of nitrogens with one attached hydrogen (secondary N) is 2. The summed E-state index contributed by atoms with van der Waals surface area (Å²) in [7, 11) is 5.95. The molecule has 0 bridgehead atoms. The summed E-state index contributed by atoms with van der Waals surface area (Å²) in [6.45, 7) is 0. The van der Waals surface area contributed by atoms with E-state index in [9.17, 15) is 0 Å². The van der Waals surface area contributed by atoms with Gasteiger partial charge in [-0.2, -0.15) is 0 Å². The van der Waals surface area contributed by atoms with Crippen molar-refractivity contribution in [1.82, 2.24) is 9.97 Å². The molecule has 0 atom stereocenters. The fourth-order valence-corrected chi connectivity index (χ4v) is 1.60. The molecule has 0 radical (unpaired) electrons. The van der Waals surface area contributed by atoms with Gasteiger partial charge < -0.3 is 15.2 Å². The number of aromatic amines is 1. The van der Waals surface area contributed by atoms with Gasteiger partial charge in [0.25, 0.3) is 0 Å². The van der Waals surface area contributed by atoms with Crippen molar-refractivity contribution >= 4 is 22.4 Å². The fourth-order valence-electron chi connectivity index (χ4n) is 1.60. The van der Waals surface area contributed by atoms with Crippen LogP contribution in [0.4, 0.5) is 11.4 Å². The SMILES string of the molecule is CNc1c(N(C)C)cnc2[nH]ccc12. The standard InChI is InChI=1S/C10H14N4/c1-11-9-7-4-5-12-10(7)13-6-8(9)14(2)3/h4-6H,1-3H3,(H2,11,12,13). The first kappa shape index (κ1) is 8.87. The smallest absolute Gasteiger partial charge is 0.139 e. The van der Waals surface area contributed by atoms with E-state index in [0.29, 0.717) is 0 Å². The van der Waals surface area contributed by atoms with E-state index >= 15 is 0 Å². The maximum atomic E-state index is 4.33. The Bertz CT molecular complexity index is 444. The monoisotopic (exact) mass is 190 g/mol. The van der Waals surface area contributed by atoms with Crippen LogP contribution in [0, 0.1) is 0 Å². The Balaban J connectivity index is 2.72. The Morgan fingerprint density at radius 3 is 2.86 bits per heavy atom. The van der Waals surface area contributed by atoms with E-state index in [4.69, 9.17) is 0 Å². The molecular formula is C10H14N4. The number of nitrogens with zero attached hydrogens (tertiary/aromatic N) is 2. The summed E-state index contributed by atoms with van der Waals surface area (Å²) in [5.41, 5.74) is 3.13. The van der Waals surface area contributed by atoms with Crippen LogP contribution in [0.5, 0.6) is 0 Å². The van der Waals surface area contributed by atoms with Gasteiger partial charge in [0.05, 0.1) is 17.6 Å². The van der Waals surface area contributed by atoms with E-state index in [1.807, 2.05) is 44.5 Å². The molecule has 4 heteroatoms. The van der Waals surface area contributed by atoms with Crippen molar-refractivity contribution in [2.75, 3.05) is 31.4 Å². The molecule has 2 aromatic rings. The van der Waals surface area contributed by atoms with Crippen molar-refractivity contribution in [3.05, 3.63) is 18.5 Å². The van der Waals surface area contributed by atoms with Crippen molar-refractivity contribution in [2.24, 2.45) is 0 Å². The van der Waals surface area contributed by atoms with E-state index < -0.39 is 0 Å². The number of aromatic nitrogens is 2. The van der Waals surface area contributed by atoms with Gasteiger partial charge in [-0.05, 0) is 6.07 Å². The third-order valence-corrected chi connectivity index (χ3v) is 2.30. The summed E-state index contributed by atoms with van der Waals surface area (Å²) in [4.78, 5) is 9.47. The van der Waals surface area contributed by atoms with Crippen LogP contribution in [0.3, 0.4) is 0 Å². The second kappa shape index (κ2) is 3.21. The Morgan fingerprint density at radius 2 is 2.21 bits per heavy atom. The quantitative estimate of drug-likeness (QED) is 0.757. The summed E-state index contributed by atoms with van der Waals surface area (Å²) in [6, 6.07) is 2.03. The first-order valence-electron chi connectivity index (χ1n) is 4.55. The van der Waals surface area contributed by atoms with Crippen molar-refractivity contribution in [1.29, 1.82) is 0 Å². The van der Waals surface area contributed by atoms with E-state index in [-0.39, 0.29) is 0 Å². The number of hydrogen-bond donors (Lipinski definition) is 2. The van der Waals surface area contributed by atoms with Crippen LogP contribution in [-0.4, -0.2) is 31.1 Å². The average Bonchev–Trinajstić information content (AvgIpc) is 2.63. The largest absolute Gasteiger partial charge is 0.386 e. The highest BCUT2D eigenvalue weighted by atomic mass is 15.1. The second-order valence-corrected chi connectivity index (χ2v) is 3.40. The maximum absolute atomic E-state index is 4.33. The number of rotatable bonds is 2. The summed E-state index contributed by atoms with van der Waals surface area (Å²) in [5, 5.41) is 4.33. The minimum absolute atomic E-state index is 0.917. The number of H-pyrrole nitrogens is 1. The Hall–Kier alpha value is -1.71. The molecule has 0 aliphatic rings. The minimum atomic E-state index is 0.917. The van der Waals surface area contributed by atoms with Gasteiger partial charge in [-0.1, -0.05) is 0 Å². The zero-order chi connectivity index (χ0) is 10.1. The molecule has 0 saturated carbocycles. The van der Waals surface area contributed by atoms with Crippen molar-refractivity contribution in [3.63, 3.8) is 0 Å². The molecule has 2 aromatic heterocycles. The highest BCUT2D eigenvalue weighted by molar-refractivity contribution is 5.96. The third-order valence-electron chi connectivity index (χ3n) is 2.30. The van der Waals surface area contributed by atoms with Crippen LogP contribution in [0.2, 0.25) is 0 Å². The molecule has 0 fully saturated rings. The van der Waals surface area contributed by atoms with Gasteiger partial charge in [0.2, 0.25) is 0 Å². The molecule has 0 amide bonds. The van der Waals surface area contributed by atoms with E-state index in [2.05, 4.69) is 15.3 Å². The summed E-state index contributed by atoms with van der Waals surface area (Å²) < 4.78 is 0. The molecule has 0 aliphatic carbocycles. The molecule has 2 N–H and O–H groups in total. The topological polar surface area (TPSA) is 44.0 Å². The lowest BCUT2D eigenvalue weighted by Gasteiger charge is -2.17. The lowest BCUT2D eigenvalue weighted by Crippen LogP contribution is -2.11. The molecule has 0 aromatic carbocycles. The predicted molar refractivity (Wildman–Crippen MR) is 60.0 cm³/mol. The highest BCUT2D eigenvalue weighted by Gasteiger charge is 2.08. The first-order valence-corrected chi connectivity index (χ1v) is 4.55.